The molecule has 2 heterocycles. The van der Waals surface area contributed by atoms with E-state index in [0.717, 1.165) is 11.4 Å². The molecule has 0 saturated heterocycles. The monoisotopic (exact) mass is 244 g/mol. The first-order valence-electron chi connectivity index (χ1n) is 5.75. The van der Waals surface area contributed by atoms with Gasteiger partial charge in [-0.05, 0) is 36.8 Å². The Balaban J connectivity index is 2.02. The lowest BCUT2D eigenvalue weighted by molar-refractivity contribution is 0.973. The van der Waals surface area contributed by atoms with Crippen LogP contribution in [0.3, 0.4) is 0 Å². The van der Waals surface area contributed by atoms with Gasteiger partial charge in [0.15, 0.2) is 5.82 Å². The zero-order valence-corrected chi connectivity index (χ0v) is 10.2. The highest BCUT2D eigenvalue weighted by atomic mass is 15.2. The molecular formula is C12H16N6. The number of hydrogen-bond donors (Lipinski definition) is 3. The zero-order valence-electron chi connectivity index (χ0n) is 10.2. The lowest BCUT2D eigenvalue weighted by atomic mass is 10.3. The molecule has 18 heavy (non-hydrogen) atoms. The molecule has 0 atom stereocenters. The molecule has 2 rings (SSSR count). The average molecular weight is 244 g/mol. The van der Waals surface area contributed by atoms with Crippen LogP contribution >= 0.6 is 0 Å². The second kappa shape index (κ2) is 5.92. The number of aromatic nitrogens is 3. The van der Waals surface area contributed by atoms with E-state index in [2.05, 4.69) is 25.8 Å². The van der Waals surface area contributed by atoms with Gasteiger partial charge in [-0.1, -0.05) is 0 Å². The van der Waals surface area contributed by atoms with Crippen molar-refractivity contribution in [3.05, 3.63) is 36.0 Å². The van der Waals surface area contributed by atoms with Crippen LogP contribution < -0.4 is 16.4 Å². The van der Waals surface area contributed by atoms with Crippen molar-refractivity contribution in [1.29, 1.82) is 0 Å². The van der Waals surface area contributed by atoms with Crippen LogP contribution in [0.5, 0.6) is 0 Å². The number of rotatable bonds is 5. The van der Waals surface area contributed by atoms with Crippen LogP contribution in [-0.4, -0.2) is 28.3 Å². The lowest BCUT2D eigenvalue weighted by Gasteiger charge is -2.06. The molecule has 0 spiro atoms. The standard InChI is InChI=1S/C12H16N6/c1-9-4-6-14-12(8-9)16-11-3-2-10(17-18-11)15-7-5-13/h2-4,6,8H,5,7,13H2,1H3,(H,15,17)(H,14,16,18). The Kier molecular flexibility index (Phi) is 4.03. The van der Waals surface area contributed by atoms with E-state index >= 15 is 0 Å². The summed E-state index contributed by atoms with van der Waals surface area (Å²) in [5.74, 6) is 2.13. The maximum absolute atomic E-state index is 5.39. The first-order chi connectivity index (χ1) is 8.78. The third-order valence-electron chi connectivity index (χ3n) is 2.29. The van der Waals surface area contributed by atoms with Crippen LogP contribution in [0.25, 0.3) is 0 Å². The molecule has 4 N–H and O–H groups in total. The Morgan fingerprint density at radius 2 is 1.89 bits per heavy atom. The van der Waals surface area contributed by atoms with Gasteiger partial charge in [0, 0.05) is 19.3 Å². The highest BCUT2D eigenvalue weighted by Gasteiger charge is 1.99. The first-order valence-corrected chi connectivity index (χ1v) is 5.75. The van der Waals surface area contributed by atoms with E-state index < -0.39 is 0 Å². The Morgan fingerprint density at radius 3 is 2.56 bits per heavy atom. The van der Waals surface area contributed by atoms with E-state index in [0.29, 0.717) is 24.7 Å². The minimum absolute atomic E-state index is 0.564. The van der Waals surface area contributed by atoms with E-state index in [1.54, 1.807) is 6.20 Å². The smallest absolute Gasteiger partial charge is 0.154 e. The van der Waals surface area contributed by atoms with E-state index in [9.17, 15) is 0 Å². The second-order valence-electron chi connectivity index (χ2n) is 3.86. The molecule has 0 aliphatic carbocycles. The summed E-state index contributed by atoms with van der Waals surface area (Å²) in [6.07, 6.45) is 1.75. The molecule has 6 heteroatoms. The summed E-state index contributed by atoms with van der Waals surface area (Å²) in [7, 11) is 0. The summed E-state index contributed by atoms with van der Waals surface area (Å²) in [6, 6.07) is 7.58. The summed E-state index contributed by atoms with van der Waals surface area (Å²) in [5.41, 5.74) is 6.53. The van der Waals surface area contributed by atoms with Crippen LogP contribution in [0.1, 0.15) is 5.56 Å². The molecule has 2 aromatic rings. The molecular weight excluding hydrogens is 228 g/mol. The second-order valence-corrected chi connectivity index (χ2v) is 3.86. The molecule has 2 aromatic heterocycles. The Labute approximate surface area is 106 Å². The van der Waals surface area contributed by atoms with Crippen molar-refractivity contribution in [3.63, 3.8) is 0 Å². The van der Waals surface area contributed by atoms with E-state index in [-0.39, 0.29) is 0 Å². The molecule has 0 amide bonds. The van der Waals surface area contributed by atoms with Gasteiger partial charge in [0.2, 0.25) is 0 Å². The summed E-state index contributed by atoms with van der Waals surface area (Å²) < 4.78 is 0. The molecule has 94 valence electrons. The topological polar surface area (TPSA) is 88.8 Å². The molecule has 0 aliphatic rings. The van der Waals surface area contributed by atoms with Crippen molar-refractivity contribution in [1.82, 2.24) is 15.2 Å². The fourth-order valence-corrected chi connectivity index (χ4v) is 1.43. The number of aryl methyl sites for hydroxylation is 1. The summed E-state index contributed by atoms with van der Waals surface area (Å²) >= 11 is 0. The van der Waals surface area contributed by atoms with Crippen LogP contribution in [-0.2, 0) is 0 Å². The molecule has 0 saturated carbocycles. The Bertz CT molecular complexity index is 496. The van der Waals surface area contributed by atoms with Gasteiger partial charge in [-0.2, -0.15) is 0 Å². The minimum atomic E-state index is 0.564. The fourth-order valence-electron chi connectivity index (χ4n) is 1.43. The van der Waals surface area contributed by atoms with Gasteiger partial charge < -0.3 is 16.4 Å². The van der Waals surface area contributed by atoms with Gasteiger partial charge >= 0.3 is 0 Å². The third-order valence-corrected chi connectivity index (χ3v) is 2.29. The van der Waals surface area contributed by atoms with Crippen molar-refractivity contribution < 1.29 is 0 Å². The molecule has 6 nitrogen and oxygen atoms in total. The van der Waals surface area contributed by atoms with Gasteiger partial charge in [-0.15, -0.1) is 10.2 Å². The molecule has 0 aliphatic heterocycles. The van der Waals surface area contributed by atoms with E-state index in [1.807, 2.05) is 31.2 Å². The highest BCUT2D eigenvalue weighted by molar-refractivity contribution is 5.53. The van der Waals surface area contributed by atoms with Gasteiger partial charge in [-0.25, -0.2) is 4.98 Å². The Hall–Kier alpha value is -2.21. The quantitative estimate of drug-likeness (QED) is 0.734. The Morgan fingerprint density at radius 1 is 1.11 bits per heavy atom. The van der Waals surface area contributed by atoms with E-state index in [4.69, 9.17) is 5.73 Å². The molecule has 0 aromatic carbocycles. The molecule has 0 bridgehead atoms. The van der Waals surface area contributed by atoms with Gasteiger partial charge in [0.05, 0.1) is 0 Å². The normalized spacial score (nSPS) is 10.1. The lowest BCUT2D eigenvalue weighted by Crippen LogP contribution is -2.14. The third kappa shape index (κ3) is 3.39. The maximum Gasteiger partial charge on any atom is 0.154 e. The molecule has 0 unspecified atom stereocenters. The summed E-state index contributed by atoms with van der Waals surface area (Å²) in [5, 5.41) is 14.2. The van der Waals surface area contributed by atoms with Crippen LogP contribution in [0, 0.1) is 6.92 Å². The largest absolute Gasteiger partial charge is 0.367 e. The van der Waals surface area contributed by atoms with Crippen molar-refractivity contribution in [2.45, 2.75) is 6.92 Å². The SMILES string of the molecule is Cc1ccnc(Nc2ccc(NCCN)nn2)c1. The van der Waals surface area contributed by atoms with Gasteiger partial charge in [-0.3, -0.25) is 0 Å². The predicted octanol–water partition coefficient (Wildman–Crippen LogP) is 1.29. The number of hydrogen-bond acceptors (Lipinski definition) is 6. The fraction of sp³-hybridized carbons (Fsp3) is 0.250. The van der Waals surface area contributed by atoms with Crippen LogP contribution in [0.15, 0.2) is 30.5 Å². The summed E-state index contributed by atoms with van der Waals surface area (Å²) in [6.45, 7) is 3.26. The number of nitrogens with two attached hydrogens (primary N) is 1. The maximum atomic E-state index is 5.39. The van der Waals surface area contributed by atoms with Crippen molar-refractivity contribution in [2.24, 2.45) is 5.73 Å². The number of anilines is 3. The first kappa shape index (κ1) is 12.3. The highest BCUT2D eigenvalue weighted by Crippen LogP contribution is 2.13. The zero-order chi connectivity index (χ0) is 12.8. The molecule has 0 fully saturated rings. The number of pyridine rings is 1. The number of nitrogens with zero attached hydrogens (tertiary/aromatic N) is 3. The van der Waals surface area contributed by atoms with E-state index in [1.165, 1.54) is 0 Å². The summed E-state index contributed by atoms with van der Waals surface area (Å²) in [4.78, 5) is 4.20. The van der Waals surface area contributed by atoms with Gasteiger partial charge in [0.1, 0.15) is 11.6 Å². The predicted molar refractivity (Wildman–Crippen MR) is 71.8 cm³/mol. The van der Waals surface area contributed by atoms with Crippen molar-refractivity contribution in [3.8, 4) is 0 Å². The van der Waals surface area contributed by atoms with Gasteiger partial charge in [0.25, 0.3) is 0 Å². The van der Waals surface area contributed by atoms with Crippen LogP contribution in [0.4, 0.5) is 17.5 Å². The van der Waals surface area contributed by atoms with Crippen LogP contribution in [0.2, 0.25) is 0 Å². The van der Waals surface area contributed by atoms with Crippen molar-refractivity contribution >= 4 is 17.5 Å². The number of nitrogens with one attached hydrogen (secondary N) is 2. The average Bonchev–Trinajstić information content (AvgIpc) is 2.38. The van der Waals surface area contributed by atoms with Crippen molar-refractivity contribution in [2.75, 3.05) is 23.7 Å². The minimum Gasteiger partial charge on any atom is -0.367 e. The molecule has 0 radical (unpaired) electrons.